The molecule has 1 nitrogen and oxygen atoms in total. The van der Waals surface area contributed by atoms with Gasteiger partial charge >= 0.3 is 0 Å². The van der Waals surface area contributed by atoms with Crippen LogP contribution in [-0.4, -0.2) is 35.0 Å². The van der Waals surface area contributed by atoms with Crippen LogP contribution in [-0.2, 0) is 0 Å². The van der Waals surface area contributed by atoms with Crippen molar-refractivity contribution >= 4 is 23.5 Å². The predicted molar refractivity (Wildman–Crippen MR) is 140 cm³/mol. The van der Waals surface area contributed by atoms with E-state index in [0.29, 0.717) is 10.5 Å². The highest BCUT2D eigenvalue weighted by molar-refractivity contribution is 8.04. The first-order valence-corrected chi connectivity index (χ1v) is 14.3. The van der Waals surface area contributed by atoms with Gasteiger partial charge in [-0.2, -0.15) is 0 Å². The van der Waals surface area contributed by atoms with Crippen molar-refractivity contribution in [1.29, 1.82) is 0 Å². The fourth-order valence-electron chi connectivity index (χ4n) is 4.40. The van der Waals surface area contributed by atoms with Crippen LogP contribution in [0.3, 0.4) is 0 Å². The zero-order valence-electron chi connectivity index (χ0n) is 19.4. The average molecular weight is 456 g/mol. The lowest BCUT2D eigenvalue weighted by Crippen LogP contribution is -2.22. The average Bonchev–Trinajstić information content (AvgIpc) is 3.17. The first-order chi connectivity index (χ1) is 15.3. The van der Waals surface area contributed by atoms with Crippen molar-refractivity contribution in [3.05, 3.63) is 60.7 Å². The number of unbranched alkanes of at least 4 members (excludes halogenated alkanes) is 9. The van der Waals surface area contributed by atoms with Gasteiger partial charge in [0.15, 0.2) is 0 Å². The molecule has 0 bridgehead atoms. The summed E-state index contributed by atoms with van der Waals surface area (Å²) in [5.41, 5.74) is 0. The third-order valence-corrected chi connectivity index (χ3v) is 9.00. The molecule has 1 heterocycles. The number of hydrogen-bond donors (Lipinski definition) is 0. The summed E-state index contributed by atoms with van der Waals surface area (Å²) < 4.78 is 0. The van der Waals surface area contributed by atoms with Gasteiger partial charge in [0.2, 0.25) is 0 Å². The molecule has 2 aromatic rings. The van der Waals surface area contributed by atoms with E-state index in [1.54, 1.807) is 0 Å². The fraction of sp³-hybridized carbons (Fsp3) is 0.571. The van der Waals surface area contributed by atoms with Gasteiger partial charge in [-0.3, -0.25) is 0 Å². The van der Waals surface area contributed by atoms with Crippen molar-refractivity contribution in [3.8, 4) is 0 Å². The topological polar surface area (TPSA) is 3.24 Å². The quantitative estimate of drug-likeness (QED) is 0.248. The van der Waals surface area contributed by atoms with E-state index in [4.69, 9.17) is 0 Å². The Bertz CT molecular complexity index is 641. The number of likely N-dealkylation sites (tertiary alicyclic amines) is 1. The Morgan fingerprint density at radius 3 is 1.48 bits per heavy atom. The molecule has 2 aromatic carbocycles. The molecule has 0 spiro atoms. The van der Waals surface area contributed by atoms with Gasteiger partial charge in [-0.15, -0.1) is 23.5 Å². The van der Waals surface area contributed by atoms with E-state index >= 15 is 0 Å². The van der Waals surface area contributed by atoms with Crippen molar-refractivity contribution in [1.82, 2.24) is 4.90 Å². The number of nitrogens with zero attached hydrogens (tertiary/aromatic N) is 1. The summed E-state index contributed by atoms with van der Waals surface area (Å²) in [5, 5.41) is 1.33. The molecule has 3 rings (SSSR count). The lowest BCUT2D eigenvalue weighted by atomic mass is 10.1. The minimum atomic E-state index is 0.663. The number of benzene rings is 2. The van der Waals surface area contributed by atoms with Gasteiger partial charge in [-0.05, 0) is 37.2 Å². The first kappa shape index (κ1) is 24.7. The van der Waals surface area contributed by atoms with E-state index in [0.717, 1.165) is 0 Å². The Hall–Kier alpha value is -0.900. The molecule has 0 saturated carbocycles. The summed E-state index contributed by atoms with van der Waals surface area (Å²) in [7, 11) is 0. The molecule has 31 heavy (non-hydrogen) atoms. The molecular formula is C28H41NS2. The smallest absolute Gasteiger partial charge is 0.0356 e. The van der Waals surface area contributed by atoms with E-state index in [1.807, 2.05) is 0 Å². The van der Waals surface area contributed by atoms with Gasteiger partial charge in [0.05, 0.1) is 0 Å². The van der Waals surface area contributed by atoms with Crippen LogP contribution in [0.4, 0.5) is 0 Å². The standard InChI is InChI=1S/C28H41NS2/c1-2-3-4-5-6-7-8-9-10-17-22-29-23-27(30-25-18-13-11-14-19-25)28(24-29)31-26-20-15-12-16-21-26/h11-16,18-21,27-28H,2-10,17,22-24H2,1H3/t27-,28-/m1/s1. The lowest BCUT2D eigenvalue weighted by molar-refractivity contribution is 0.329. The second-order valence-corrected chi connectivity index (χ2v) is 11.5. The minimum Gasteiger partial charge on any atom is -0.301 e. The summed E-state index contributed by atoms with van der Waals surface area (Å²) >= 11 is 4.16. The van der Waals surface area contributed by atoms with Crippen LogP contribution in [0.15, 0.2) is 70.5 Å². The van der Waals surface area contributed by atoms with Crippen LogP contribution < -0.4 is 0 Å². The molecule has 3 heteroatoms. The summed E-state index contributed by atoms with van der Waals surface area (Å²) in [5.74, 6) is 0. The summed E-state index contributed by atoms with van der Waals surface area (Å²) in [6.45, 7) is 6.02. The van der Waals surface area contributed by atoms with Crippen LogP contribution in [0, 0.1) is 0 Å². The highest BCUT2D eigenvalue weighted by Crippen LogP contribution is 2.38. The molecule has 2 atom stereocenters. The number of hydrogen-bond acceptors (Lipinski definition) is 3. The van der Waals surface area contributed by atoms with Crippen molar-refractivity contribution in [2.45, 2.75) is 91.4 Å². The van der Waals surface area contributed by atoms with E-state index in [-0.39, 0.29) is 0 Å². The minimum absolute atomic E-state index is 0.663. The molecular weight excluding hydrogens is 414 g/mol. The summed E-state index contributed by atoms with van der Waals surface area (Å²) in [6, 6.07) is 21.9. The molecule has 1 aliphatic heterocycles. The van der Waals surface area contributed by atoms with Crippen molar-refractivity contribution < 1.29 is 0 Å². The van der Waals surface area contributed by atoms with Gasteiger partial charge in [-0.1, -0.05) is 101 Å². The molecule has 0 amide bonds. The van der Waals surface area contributed by atoms with Gasteiger partial charge in [-0.25, -0.2) is 0 Å². The number of rotatable bonds is 15. The van der Waals surface area contributed by atoms with Gasteiger partial charge in [0.1, 0.15) is 0 Å². The molecule has 0 aliphatic carbocycles. The maximum absolute atomic E-state index is 2.73. The van der Waals surface area contributed by atoms with E-state index < -0.39 is 0 Å². The Kier molecular flexibility index (Phi) is 12.0. The highest BCUT2D eigenvalue weighted by atomic mass is 32.2. The highest BCUT2D eigenvalue weighted by Gasteiger charge is 2.33. The third-order valence-electron chi connectivity index (χ3n) is 6.18. The zero-order chi connectivity index (χ0) is 21.6. The van der Waals surface area contributed by atoms with E-state index in [1.165, 1.54) is 93.6 Å². The molecule has 170 valence electrons. The van der Waals surface area contributed by atoms with E-state index in [2.05, 4.69) is 96.0 Å². The molecule has 0 radical (unpaired) electrons. The van der Waals surface area contributed by atoms with Gasteiger partial charge in [0.25, 0.3) is 0 Å². The molecule has 0 unspecified atom stereocenters. The van der Waals surface area contributed by atoms with Crippen LogP contribution in [0.2, 0.25) is 0 Å². The number of thioether (sulfide) groups is 2. The van der Waals surface area contributed by atoms with Gasteiger partial charge < -0.3 is 4.90 Å². The maximum atomic E-state index is 2.73. The van der Waals surface area contributed by atoms with Crippen LogP contribution >= 0.6 is 23.5 Å². The lowest BCUT2D eigenvalue weighted by Gasteiger charge is -2.17. The second-order valence-electron chi connectivity index (χ2n) is 8.88. The first-order valence-electron chi connectivity index (χ1n) is 12.5. The second kappa shape index (κ2) is 15.0. The van der Waals surface area contributed by atoms with E-state index in [9.17, 15) is 0 Å². The van der Waals surface area contributed by atoms with Crippen molar-refractivity contribution in [2.24, 2.45) is 0 Å². The third kappa shape index (κ3) is 9.63. The molecule has 1 aliphatic rings. The van der Waals surface area contributed by atoms with Crippen LogP contribution in [0.5, 0.6) is 0 Å². The van der Waals surface area contributed by atoms with Crippen molar-refractivity contribution in [3.63, 3.8) is 0 Å². The molecule has 1 saturated heterocycles. The molecule has 0 N–H and O–H groups in total. The Morgan fingerprint density at radius 1 is 0.613 bits per heavy atom. The Morgan fingerprint density at radius 2 is 1.03 bits per heavy atom. The van der Waals surface area contributed by atoms with Crippen molar-refractivity contribution in [2.75, 3.05) is 19.6 Å². The fourth-order valence-corrected chi connectivity index (χ4v) is 7.11. The maximum Gasteiger partial charge on any atom is 0.0356 e. The Balaban J connectivity index is 1.38. The SMILES string of the molecule is CCCCCCCCCCCCN1C[C@@H](Sc2ccccc2)[C@H](Sc2ccccc2)C1. The zero-order valence-corrected chi connectivity index (χ0v) is 21.0. The predicted octanol–water partition coefficient (Wildman–Crippen LogP) is 8.54. The summed E-state index contributed by atoms with van der Waals surface area (Å²) in [4.78, 5) is 5.55. The monoisotopic (exact) mass is 455 g/mol. The van der Waals surface area contributed by atoms with Crippen LogP contribution in [0.25, 0.3) is 0 Å². The summed E-state index contributed by atoms with van der Waals surface area (Å²) in [6.07, 6.45) is 14.2. The Labute approximate surface area is 199 Å². The van der Waals surface area contributed by atoms with Gasteiger partial charge in [0, 0.05) is 33.4 Å². The normalized spacial score (nSPS) is 19.1. The van der Waals surface area contributed by atoms with Crippen LogP contribution in [0.1, 0.15) is 71.1 Å². The largest absolute Gasteiger partial charge is 0.301 e. The molecule has 0 aromatic heterocycles. The molecule has 1 fully saturated rings.